The van der Waals surface area contributed by atoms with Gasteiger partial charge in [-0.3, -0.25) is 0 Å². The molecule has 17 heavy (non-hydrogen) atoms. The van der Waals surface area contributed by atoms with Crippen molar-refractivity contribution in [2.45, 2.75) is 39.2 Å². The fourth-order valence-corrected chi connectivity index (χ4v) is 3.20. The van der Waals surface area contributed by atoms with Gasteiger partial charge in [-0.1, -0.05) is 18.6 Å². The van der Waals surface area contributed by atoms with Crippen molar-refractivity contribution in [3.8, 4) is 0 Å². The summed E-state index contributed by atoms with van der Waals surface area (Å²) in [7, 11) is 0. The number of para-hydroxylation sites is 1. The molecule has 0 bridgehead atoms. The van der Waals surface area contributed by atoms with Crippen molar-refractivity contribution in [2.24, 2.45) is 5.92 Å². The third kappa shape index (κ3) is 1.64. The molecule has 3 heteroatoms. The molecule has 1 aliphatic carbocycles. The number of aryl methyl sites for hydroxylation is 1. The van der Waals surface area contributed by atoms with Crippen molar-refractivity contribution < 1.29 is 0 Å². The number of H-pyrrole nitrogens is 1. The third-order valence-corrected chi connectivity index (χ3v) is 4.50. The van der Waals surface area contributed by atoms with Gasteiger partial charge >= 0.3 is 0 Å². The predicted molar refractivity (Wildman–Crippen MR) is 73.9 cm³/mol. The molecule has 1 aliphatic rings. The lowest BCUT2D eigenvalue weighted by atomic mass is 9.80. The summed E-state index contributed by atoms with van der Waals surface area (Å²) >= 11 is 5.49. The molecule has 0 spiro atoms. The van der Waals surface area contributed by atoms with Gasteiger partial charge in [0.1, 0.15) is 0 Å². The molecule has 1 aromatic heterocycles. The van der Waals surface area contributed by atoms with Crippen molar-refractivity contribution in [1.29, 1.82) is 0 Å². The lowest BCUT2D eigenvalue weighted by Gasteiger charge is -2.32. The summed E-state index contributed by atoms with van der Waals surface area (Å²) < 4.78 is 3.18. The van der Waals surface area contributed by atoms with E-state index in [1.54, 1.807) is 0 Å². The lowest BCUT2D eigenvalue weighted by molar-refractivity contribution is 0.224. The summed E-state index contributed by atoms with van der Waals surface area (Å²) in [6.45, 7) is 4.43. The minimum Gasteiger partial charge on any atom is -0.330 e. The Labute approximate surface area is 107 Å². The SMILES string of the molecule is Cc1cccc2c1[nH]c(=S)n2C(C)C1CCC1. The van der Waals surface area contributed by atoms with E-state index in [0.29, 0.717) is 6.04 Å². The van der Waals surface area contributed by atoms with Crippen LogP contribution >= 0.6 is 12.2 Å². The summed E-state index contributed by atoms with van der Waals surface area (Å²) in [5.74, 6) is 0.807. The Hall–Kier alpha value is -1.09. The van der Waals surface area contributed by atoms with Gasteiger partial charge in [-0.2, -0.15) is 0 Å². The van der Waals surface area contributed by atoms with E-state index in [0.717, 1.165) is 10.7 Å². The summed E-state index contributed by atoms with van der Waals surface area (Å²) in [6, 6.07) is 6.94. The molecule has 1 N–H and O–H groups in total. The van der Waals surface area contributed by atoms with E-state index in [1.165, 1.54) is 35.9 Å². The molecule has 2 nitrogen and oxygen atoms in total. The standard InChI is InChI=1S/C14H18N2S/c1-9-5-3-8-12-13(9)15-14(17)16(12)10(2)11-6-4-7-11/h3,5,8,10-11H,4,6-7H2,1-2H3,(H,15,17). The smallest absolute Gasteiger partial charge is 0.178 e. The van der Waals surface area contributed by atoms with Crippen LogP contribution in [0.5, 0.6) is 0 Å². The lowest BCUT2D eigenvalue weighted by Crippen LogP contribution is -2.22. The molecule has 0 aliphatic heterocycles. The number of hydrogen-bond acceptors (Lipinski definition) is 1. The van der Waals surface area contributed by atoms with Gasteiger partial charge in [0.05, 0.1) is 11.0 Å². The van der Waals surface area contributed by atoms with Gasteiger partial charge in [-0.05, 0) is 56.5 Å². The van der Waals surface area contributed by atoms with E-state index in [1.807, 2.05) is 0 Å². The highest BCUT2D eigenvalue weighted by molar-refractivity contribution is 7.71. The molecule has 1 fully saturated rings. The first-order valence-corrected chi connectivity index (χ1v) is 6.79. The molecule has 0 amide bonds. The van der Waals surface area contributed by atoms with Crippen LogP contribution in [0.15, 0.2) is 18.2 Å². The zero-order chi connectivity index (χ0) is 12.0. The molecule has 1 atom stereocenters. The number of nitrogens with zero attached hydrogens (tertiary/aromatic N) is 1. The van der Waals surface area contributed by atoms with Crippen LogP contribution in [0.25, 0.3) is 11.0 Å². The molecule has 1 heterocycles. The molecule has 1 saturated carbocycles. The minimum absolute atomic E-state index is 0.520. The first kappa shape index (κ1) is 11.0. The fraction of sp³-hybridized carbons (Fsp3) is 0.500. The molecule has 2 aromatic rings. The van der Waals surface area contributed by atoms with Gasteiger partial charge in [0.25, 0.3) is 0 Å². The zero-order valence-corrected chi connectivity index (χ0v) is 11.2. The molecular weight excluding hydrogens is 228 g/mol. The van der Waals surface area contributed by atoms with E-state index < -0.39 is 0 Å². The maximum Gasteiger partial charge on any atom is 0.178 e. The van der Waals surface area contributed by atoms with E-state index in [2.05, 4.69) is 41.6 Å². The van der Waals surface area contributed by atoms with E-state index in [-0.39, 0.29) is 0 Å². The van der Waals surface area contributed by atoms with Crippen molar-refractivity contribution in [1.82, 2.24) is 9.55 Å². The number of benzene rings is 1. The molecular formula is C14H18N2S. The van der Waals surface area contributed by atoms with Gasteiger partial charge in [0, 0.05) is 6.04 Å². The van der Waals surface area contributed by atoms with Gasteiger partial charge in [-0.25, -0.2) is 0 Å². The average molecular weight is 246 g/mol. The number of nitrogens with one attached hydrogen (secondary N) is 1. The van der Waals surface area contributed by atoms with Crippen LogP contribution in [0.1, 0.15) is 37.8 Å². The Morgan fingerprint density at radius 2 is 2.18 bits per heavy atom. The van der Waals surface area contributed by atoms with Gasteiger partial charge < -0.3 is 9.55 Å². The molecule has 1 aromatic carbocycles. The molecule has 0 radical (unpaired) electrons. The van der Waals surface area contributed by atoms with Gasteiger partial charge in [-0.15, -0.1) is 0 Å². The van der Waals surface area contributed by atoms with Crippen LogP contribution in [0.4, 0.5) is 0 Å². The number of rotatable bonds is 2. The van der Waals surface area contributed by atoms with Crippen LogP contribution < -0.4 is 0 Å². The summed E-state index contributed by atoms with van der Waals surface area (Å²) in [6.07, 6.45) is 4.08. The van der Waals surface area contributed by atoms with Gasteiger partial charge in [0.2, 0.25) is 0 Å². The number of aromatic amines is 1. The van der Waals surface area contributed by atoms with Crippen LogP contribution in [0, 0.1) is 17.6 Å². The van der Waals surface area contributed by atoms with Crippen LogP contribution in [0.3, 0.4) is 0 Å². The highest BCUT2D eigenvalue weighted by Gasteiger charge is 2.26. The first-order valence-electron chi connectivity index (χ1n) is 6.38. The minimum atomic E-state index is 0.520. The monoisotopic (exact) mass is 246 g/mol. The topological polar surface area (TPSA) is 20.7 Å². The average Bonchev–Trinajstić information content (AvgIpc) is 2.53. The van der Waals surface area contributed by atoms with E-state index >= 15 is 0 Å². The molecule has 3 rings (SSSR count). The third-order valence-electron chi connectivity index (χ3n) is 4.20. The number of fused-ring (bicyclic) bond motifs is 1. The quantitative estimate of drug-likeness (QED) is 0.780. The Balaban J connectivity index is 2.18. The number of hydrogen-bond donors (Lipinski definition) is 1. The van der Waals surface area contributed by atoms with Gasteiger partial charge in [0.15, 0.2) is 4.77 Å². The first-order chi connectivity index (χ1) is 8.18. The fourth-order valence-electron chi connectivity index (χ4n) is 2.83. The predicted octanol–water partition coefficient (Wildman–Crippen LogP) is 4.37. The number of imidazole rings is 1. The van der Waals surface area contributed by atoms with E-state index in [4.69, 9.17) is 12.2 Å². The molecule has 1 unspecified atom stereocenters. The Morgan fingerprint density at radius 1 is 1.41 bits per heavy atom. The molecule has 0 saturated heterocycles. The highest BCUT2D eigenvalue weighted by Crippen LogP contribution is 2.37. The zero-order valence-electron chi connectivity index (χ0n) is 10.4. The van der Waals surface area contributed by atoms with Crippen LogP contribution in [0.2, 0.25) is 0 Å². The second-order valence-corrected chi connectivity index (χ2v) is 5.59. The molecule has 90 valence electrons. The van der Waals surface area contributed by atoms with Crippen LogP contribution in [-0.2, 0) is 0 Å². The van der Waals surface area contributed by atoms with Crippen molar-refractivity contribution >= 4 is 23.3 Å². The second-order valence-electron chi connectivity index (χ2n) is 5.20. The van der Waals surface area contributed by atoms with E-state index in [9.17, 15) is 0 Å². The summed E-state index contributed by atoms with van der Waals surface area (Å²) in [4.78, 5) is 3.36. The highest BCUT2D eigenvalue weighted by atomic mass is 32.1. The van der Waals surface area contributed by atoms with Crippen LogP contribution in [-0.4, -0.2) is 9.55 Å². The Bertz CT molecular complexity index is 604. The normalized spacial score (nSPS) is 18.2. The largest absolute Gasteiger partial charge is 0.330 e. The second kappa shape index (κ2) is 3.98. The Kier molecular flexibility index (Phi) is 2.58. The van der Waals surface area contributed by atoms with Crippen molar-refractivity contribution in [3.63, 3.8) is 0 Å². The maximum absolute atomic E-state index is 5.49. The maximum atomic E-state index is 5.49. The van der Waals surface area contributed by atoms with Crippen molar-refractivity contribution in [3.05, 3.63) is 28.5 Å². The summed E-state index contributed by atoms with van der Waals surface area (Å²) in [5, 5.41) is 0. The number of aromatic nitrogens is 2. The Morgan fingerprint density at radius 3 is 2.82 bits per heavy atom. The summed E-state index contributed by atoms with van der Waals surface area (Å²) in [5.41, 5.74) is 3.73. The van der Waals surface area contributed by atoms with Crippen molar-refractivity contribution in [2.75, 3.05) is 0 Å².